The zero-order valence-corrected chi connectivity index (χ0v) is 10.1. The van der Waals surface area contributed by atoms with Crippen molar-refractivity contribution in [1.82, 2.24) is 0 Å². The van der Waals surface area contributed by atoms with Crippen LogP contribution in [0.1, 0.15) is 25.8 Å². The Labute approximate surface area is 99.8 Å². The Kier molecular flexibility index (Phi) is 2.96. The maximum absolute atomic E-state index is 13.8. The molecule has 2 N–H and O–H groups in total. The molecule has 17 heavy (non-hydrogen) atoms. The summed E-state index contributed by atoms with van der Waals surface area (Å²) in [6.07, 6.45) is 0.614. The summed E-state index contributed by atoms with van der Waals surface area (Å²) >= 11 is 0. The van der Waals surface area contributed by atoms with Gasteiger partial charge in [-0.15, -0.1) is 0 Å². The van der Waals surface area contributed by atoms with E-state index in [4.69, 9.17) is 10.5 Å². The fourth-order valence-corrected chi connectivity index (χ4v) is 2.49. The highest BCUT2D eigenvalue weighted by Gasteiger charge is 2.44. The van der Waals surface area contributed by atoms with Gasteiger partial charge in [0.15, 0.2) is 0 Å². The number of hydrogen-bond donors (Lipinski definition) is 1. The van der Waals surface area contributed by atoms with Crippen LogP contribution in [0.5, 0.6) is 0 Å². The Bertz CT molecular complexity index is 422. The highest BCUT2D eigenvalue weighted by Crippen LogP contribution is 2.40. The molecule has 0 radical (unpaired) electrons. The normalized spacial score (nSPS) is 18.9. The summed E-state index contributed by atoms with van der Waals surface area (Å²) in [5.41, 5.74) is 5.68. The van der Waals surface area contributed by atoms with E-state index >= 15 is 0 Å². The predicted octanol–water partition coefficient (Wildman–Crippen LogP) is 2.36. The van der Waals surface area contributed by atoms with Gasteiger partial charge in [-0.1, -0.05) is 6.07 Å². The molecular formula is C13H17F2NO. The van der Waals surface area contributed by atoms with Crippen molar-refractivity contribution in [1.29, 1.82) is 0 Å². The van der Waals surface area contributed by atoms with Gasteiger partial charge in [0.05, 0.1) is 13.2 Å². The van der Waals surface area contributed by atoms with Crippen molar-refractivity contribution >= 4 is 0 Å². The molecule has 0 atom stereocenters. The molecule has 2 nitrogen and oxygen atoms in total. The van der Waals surface area contributed by atoms with Gasteiger partial charge in [0.25, 0.3) is 0 Å². The molecule has 0 saturated carbocycles. The van der Waals surface area contributed by atoms with Crippen LogP contribution in [0.4, 0.5) is 8.78 Å². The molecule has 1 aliphatic heterocycles. The summed E-state index contributed by atoms with van der Waals surface area (Å²) in [5.74, 6) is -1.08. The maximum atomic E-state index is 13.8. The zero-order chi connectivity index (χ0) is 12.7. The highest BCUT2D eigenvalue weighted by molar-refractivity contribution is 5.31. The molecule has 1 heterocycles. The molecule has 1 fully saturated rings. The third-order valence-corrected chi connectivity index (χ3v) is 3.05. The molecule has 0 bridgehead atoms. The molecule has 0 unspecified atom stereocenters. The molecule has 1 aliphatic rings. The van der Waals surface area contributed by atoms with E-state index in [0.29, 0.717) is 25.2 Å². The van der Waals surface area contributed by atoms with E-state index in [-0.39, 0.29) is 0 Å². The first-order chi connectivity index (χ1) is 7.82. The molecule has 1 saturated heterocycles. The number of halogens is 2. The van der Waals surface area contributed by atoms with Crippen LogP contribution in [-0.2, 0) is 10.2 Å². The van der Waals surface area contributed by atoms with Crippen LogP contribution in [0.3, 0.4) is 0 Å². The Balaban J connectivity index is 2.35. The van der Waals surface area contributed by atoms with E-state index in [9.17, 15) is 8.78 Å². The van der Waals surface area contributed by atoms with Gasteiger partial charge in [0, 0.05) is 17.0 Å². The smallest absolute Gasteiger partial charge is 0.130 e. The number of ether oxygens (including phenoxy) is 1. The molecule has 0 amide bonds. The maximum Gasteiger partial charge on any atom is 0.130 e. The van der Waals surface area contributed by atoms with Crippen molar-refractivity contribution in [3.05, 3.63) is 35.4 Å². The minimum Gasteiger partial charge on any atom is -0.379 e. The second-order valence-electron chi connectivity index (χ2n) is 5.56. The predicted molar refractivity (Wildman–Crippen MR) is 61.7 cm³/mol. The third kappa shape index (κ3) is 2.48. The Morgan fingerprint density at radius 2 is 2.00 bits per heavy atom. The van der Waals surface area contributed by atoms with Crippen molar-refractivity contribution in [2.75, 3.05) is 13.2 Å². The second kappa shape index (κ2) is 4.03. The lowest BCUT2D eigenvalue weighted by atomic mass is 9.70. The van der Waals surface area contributed by atoms with Crippen molar-refractivity contribution in [2.45, 2.75) is 31.2 Å². The van der Waals surface area contributed by atoms with E-state index in [2.05, 4.69) is 0 Å². The van der Waals surface area contributed by atoms with Crippen LogP contribution in [0.15, 0.2) is 18.2 Å². The van der Waals surface area contributed by atoms with Crippen LogP contribution in [0.25, 0.3) is 0 Å². The molecule has 4 heteroatoms. The first kappa shape index (κ1) is 12.5. The molecule has 0 aromatic heterocycles. The molecule has 94 valence electrons. The van der Waals surface area contributed by atoms with Gasteiger partial charge in [-0.3, -0.25) is 0 Å². The minimum absolute atomic E-state index is 0.407. The Morgan fingerprint density at radius 1 is 1.35 bits per heavy atom. The van der Waals surface area contributed by atoms with E-state index in [1.165, 1.54) is 12.1 Å². The summed E-state index contributed by atoms with van der Waals surface area (Å²) in [4.78, 5) is 0. The first-order valence-electron chi connectivity index (χ1n) is 5.65. The quantitative estimate of drug-likeness (QED) is 0.881. The second-order valence-corrected chi connectivity index (χ2v) is 5.56. The van der Waals surface area contributed by atoms with Crippen LogP contribution < -0.4 is 5.73 Å². The van der Waals surface area contributed by atoms with Gasteiger partial charge in [-0.25, -0.2) is 8.78 Å². The van der Waals surface area contributed by atoms with Crippen molar-refractivity contribution in [3.63, 3.8) is 0 Å². The van der Waals surface area contributed by atoms with E-state index < -0.39 is 22.6 Å². The van der Waals surface area contributed by atoms with E-state index in [1.807, 2.05) is 13.8 Å². The SMILES string of the molecule is CC(C)(N)CC1(c2ccc(F)cc2F)COC1. The summed E-state index contributed by atoms with van der Waals surface area (Å²) in [5, 5.41) is 0. The van der Waals surface area contributed by atoms with Gasteiger partial charge >= 0.3 is 0 Å². The molecular weight excluding hydrogens is 224 g/mol. The lowest BCUT2D eigenvalue weighted by Gasteiger charge is -2.45. The number of benzene rings is 1. The van der Waals surface area contributed by atoms with Gasteiger partial charge in [-0.2, -0.15) is 0 Å². The Hall–Kier alpha value is -1.00. The van der Waals surface area contributed by atoms with E-state index in [1.54, 1.807) is 0 Å². The fourth-order valence-electron chi connectivity index (χ4n) is 2.49. The molecule has 1 aromatic rings. The van der Waals surface area contributed by atoms with Crippen LogP contribution in [0, 0.1) is 11.6 Å². The van der Waals surface area contributed by atoms with Gasteiger partial charge in [-0.05, 0) is 31.9 Å². The number of rotatable bonds is 3. The summed E-state index contributed by atoms with van der Waals surface area (Å²) in [6.45, 7) is 4.68. The van der Waals surface area contributed by atoms with E-state index in [0.717, 1.165) is 6.07 Å². The Morgan fingerprint density at radius 3 is 2.41 bits per heavy atom. The molecule has 0 aliphatic carbocycles. The number of hydrogen-bond acceptors (Lipinski definition) is 2. The minimum atomic E-state index is -0.561. The standard InChI is InChI=1S/C13H17F2NO/c1-12(2,16)6-13(7-17-8-13)10-4-3-9(14)5-11(10)15/h3-5H,6-8,16H2,1-2H3. The van der Waals surface area contributed by atoms with Crippen molar-refractivity contribution < 1.29 is 13.5 Å². The van der Waals surface area contributed by atoms with Gasteiger partial charge in [0.2, 0.25) is 0 Å². The lowest BCUT2D eigenvalue weighted by Crippen LogP contribution is -2.53. The first-order valence-corrected chi connectivity index (χ1v) is 5.65. The average Bonchev–Trinajstić information content (AvgIpc) is 2.10. The van der Waals surface area contributed by atoms with Gasteiger partial charge in [0.1, 0.15) is 11.6 Å². The van der Waals surface area contributed by atoms with Crippen molar-refractivity contribution in [3.8, 4) is 0 Å². The lowest BCUT2D eigenvalue weighted by molar-refractivity contribution is -0.0734. The topological polar surface area (TPSA) is 35.2 Å². The van der Waals surface area contributed by atoms with Crippen LogP contribution >= 0.6 is 0 Å². The molecule has 0 spiro atoms. The zero-order valence-electron chi connectivity index (χ0n) is 10.1. The summed E-state index contributed by atoms with van der Waals surface area (Å²) < 4.78 is 31.9. The van der Waals surface area contributed by atoms with Gasteiger partial charge < -0.3 is 10.5 Å². The largest absolute Gasteiger partial charge is 0.379 e. The number of nitrogens with two attached hydrogens (primary N) is 1. The molecule has 1 aromatic carbocycles. The highest BCUT2D eigenvalue weighted by atomic mass is 19.1. The summed E-state index contributed by atoms with van der Waals surface area (Å²) in [6, 6.07) is 3.69. The third-order valence-electron chi connectivity index (χ3n) is 3.05. The monoisotopic (exact) mass is 241 g/mol. The molecule has 2 rings (SSSR count). The van der Waals surface area contributed by atoms with Crippen LogP contribution in [-0.4, -0.2) is 18.8 Å². The van der Waals surface area contributed by atoms with Crippen LogP contribution in [0.2, 0.25) is 0 Å². The fraction of sp³-hybridized carbons (Fsp3) is 0.538. The van der Waals surface area contributed by atoms with Crippen molar-refractivity contribution in [2.24, 2.45) is 5.73 Å². The average molecular weight is 241 g/mol. The summed E-state index contributed by atoms with van der Waals surface area (Å²) in [7, 11) is 0.